The molecule has 0 radical (unpaired) electrons. The van der Waals surface area contributed by atoms with Gasteiger partial charge in [0.25, 0.3) is 0 Å². The van der Waals surface area contributed by atoms with Gasteiger partial charge in [-0.2, -0.15) is 0 Å². The molecule has 0 N–H and O–H groups in total. The highest BCUT2D eigenvalue weighted by Gasteiger charge is 2.27. The number of ketones is 1. The van der Waals surface area contributed by atoms with Crippen LogP contribution in [0.3, 0.4) is 0 Å². The SMILES string of the molecule is O=C1/C(=C/c2ccc(Cl)cc2)Oc2ccc(Br)cc21. The number of carbonyl (C=O) groups is 1. The summed E-state index contributed by atoms with van der Waals surface area (Å²) in [5.41, 5.74) is 1.45. The second-order valence-corrected chi connectivity index (χ2v) is 5.48. The van der Waals surface area contributed by atoms with E-state index in [1.807, 2.05) is 18.2 Å². The fourth-order valence-corrected chi connectivity index (χ4v) is 2.36. The van der Waals surface area contributed by atoms with E-state index in [1.165, 1.54) is 0 Å². The number of allylic oxidation sites excluding steroid dienone is 1. The van der Waals surface area contributed by atoms with Gasteiger partial charge in [-0.25, -0.2) is 0 Å². The van der Waals surface area contributed by atoms with Crippen LogP contribution < -0.4 is 4.74 Å². The Bertz CT molecular complexity index is 690. The van der Waals surface area contributed by atoms with Crippen molar-refractivity contribution in [3.63, 3.8) is 0 Å². The summed E-state index contributed by atoms with van der Waals surface area (Å²) in [6, 6.07) is 12.6. The van der Waals surface area contributed by atoms with Crippen molar-refractivity contribution in [3.05, 3.63) is 68.8 Å². The monoisotopic (exact) mass is 334 g/mol. The minimum absolute atomic E-state index is 0.105. The number of benzene rings is 2. The van der Waals surface area contributed by atoms with Gasteiger partial charge in [0.1, 0.15) is 5.75 Å². The van der Waals surface area contributed by atoms with Crippen LogP contribution >= 0.6 is 27.5 Å². The van der Waals surface area contributed by atoms with E-state index in [-0.39, 0.29) is 5.78 Å². The summed E-state index contributed by atoms with van der Waals surface area (Å²) in [6.45, 7) is 0. The molecule has 0 aliphatic carbocycles. The summed E-state index contributed by atoms with van der Waals surface area (Å²) < 4.78 is 6.42. The van der Waals surface area contributed by atoms with Gasteiger partial charge in [0.05, 0.1) is 5.56 Å². The van der Waals surface area contributed by atoms with Crippen LogP contribution in [0.2, 0.25) is 5.02 Å². The molecule has 0 fully saturated rings. The molecule has 1 heterocycles. The van der Waals surface area contributed by atoms with E-state index in [4.69, 9.17) is 16.3 Å². The number of carbonyl (C=O) groups excluding carboxylic acids is 1. The third-order valence-electron chi connectivity index (χ3n) is 2.80. The van der Waals surface area contributed by atoms with Crippen LogP contribution in [0.5, 0.6) is 5.75 Å². The lowest BCUT2D eigenvalue weighted by atomic mass is 10.1. The molecule has 1 aliphatic heterocycles. The van der Waals surface area contributed by atoms with Crippen molar-refractivity contribution in [1.82, 2.24) is 0 Å². The van der Waals surface area contributed by atoms with E-state index in [1.54, 1.807) is 30.3 Å². The van der Waals surface area contributed by atoms with E-state index >= 15 is 0 Å². The van der Waals surface area contributed by atoms with Gasteiger partial charge in [-0.1, -0.05) is 39.7 Å². The smallest absolute Gasteiger partial charge is 0.232 e. The highest BCUT2D eigenvalue weighted by Crippen LogP contribution is 2.33. The first-order valence-corrected chi connectivity index (χ1v) is 6.80. The maximum atomic E-state index is 12.2. The third-order valence-corrected chi connectivity index (χ3v) is 3.54. The Morgan fingerprint density at radius 1 is 1.11 bits per heavy atom. The molecular formula is C15H8BrClO2. The molecule has 0 atom stereocenters. The minimum atomic E-state index is -0.105. The van der Waals surface area contributed by atoms with Crippen molar-refractivity contribution in [2.24, 2.45) is 0 Å². The second kappa shape index (κ2) is 4.83. The number of halogens is 2. The third kappa shape index (κ3) is 2.44. The Morgan fingerprint density at radius 3 is 2.58 bits per heavy atom. The maximum absolute atomic E-state index is 12.2. The molecule has 2 nitrogen and oxygen atoms in total. The first-order chi connectivity index (χ1) is 9.13. The molecule has 19 heavy (non-hydrogen) atoms. The molecule has 0 amide bonds. The molecule has 0 aromatic heterocycles. The van der Waals surface area contributed by atoms with E-state index in [9.17, 15) is 4.79 Å². The van der Waals surface area contributed by atoms with Crippen LogP contribution in [0.25, 0.3) is 6.08 Å². The number of rotatable bonds is 1. The quantitative estimate of drug-likeness (QED) is 0.705. The molecule has 2 aromatic rings. The Labute approximate surface area is 123 Å². The lowest BCUT2D eigenvalue weighted by molar-refractivity contribution is 0.101. The Morgan fingerprint density at radius 2 is 1.84 bits per heavy atom. The fourth-order valence-electron chi connectivity index (χ4n) is 1.87. The van der Waals surface area contributed by atoms with Gasteiger partial charge in [-0.05, 0) is 42.0 Å². The van der Waals surface area contributed by atoms with Gasteiger partial charge in [0, 0.05) is 9.50 Å². The summed E-state index contributed by atoms with van der Waals surface area (Å²) in [7, 11) is 0. The molecule has 0 bridgehead atoms. The van der Waals surface area contributed by atoms with Crippen molar-refractivity contribution in [3.8, 4) is 5.75 Å². The van der Waals surface area contributed by atoms with E-state index in [0.29, 0.717) is 22.1 Å². The van der Waals surface area contributed by atoms with E-state index in [0.717, 1.165) is 10.0 Å². The van der Waals surface area contributed by atoms with Crippen LogP contribution in [0, 0.1) is 0 Å². The van der Waals surface area contributed by atoms with Crippen LogP contribution in [-0.4, -0.2) is 5.78 Å². The number of hydrogen-bond donors (Lipinski definition) is 0. The van der Waals surface area contributed by atoms with Gasteiger partial charge in [-0.3, -0.25) is 4.79 Å². The fraction of sp³-hybridized carbons (Fsp3) is 0. The first-order valence-electron chi connectivity index (χ1n) is 5.63. The van der Waals surface area contributed by atoms with E-state index in [2.05, 4.69) is 15.9 Å². The summed E-state index contributed by atoms with van der Waals surface area (Å²) >= 11 is 9.17. The van der Waals surface area contributed by atoms with E-state index < -0.39 is 0 Å². The zero-order chi connectivity index (χ0) is 13.4. The summed E-state index contributed by atoms with van der Waals surface area (Å²) in [6.07, 6.45) is 1.71. The standard InChI is InChI=1S/C15H8BrClO2/c16-10-3-6-13-12(8-10)15(18)14(19-13)7-9-1-4-11(17)5-2-9/h1-8H/b14-7-. The predicted octanol–water partition coefficient (Wildman–Crippen LogP) is 4.72. The van der Waals surface area contributed by atoms with Crippen LogP contribution in [0.1, 0.15) is 15.9 Å². The van der Waals surface area contributed by atoms with Crippen LogP contribution in [-0.2, 0) is 0 Å². The highest BCUT2D eigenvalue weighted by atomic mass is 79.9. The van der Waals surface area contributed by atoms with Gasteiger partial charge >= 0.3 is 0 Å². The summed E-state index contributed by atoms with van der Waals surface area (Å²) in [5, 5.41) is 0.660. The zero-order valence-electron chi connectivity index (χ0n) is 9.69. The molecule has 1 aliphatic rings. The highest BCUT2D eigenvalue weighted by molar-refractivity contribution is 9.10. The molecule has 3 rings (SSSR count). The lowest BCUT2D eigenvalue weighted by Crippen LogP contribution is -1.97. The van der Waals surface area contributed by atoms with Crippen molar-refractivity contribution in [2.75, 3.05) is 0 Å². The number of Topliss-reactive ketones (excluding diaryl/α,β-unsaturated/α-hetero) is 1. The number of ether oxygens (including phenoxy) is 1. The lowest BCUT2D eigenvalue weighted by Gasteiger charge is -1.98. The summed E-state index contributed by atoms with van der Waals surface area (Å²) in [4.78, 5) is 12.2. The van der Waals surface area contributed by atoms with Crippen molar-refractivity contribution < 1.29 is 9.53 Å². The molecule has 4 heteroatoms. The molecule has 0 unspecified atom stereocenters. The molecule has 94 valence electrons. The Balaban J connectivity index is 1.97. The summed E-state index contributed by atoms with van der Waals surface area (Å²) in [5.74, 6) is 0.815. The van der Waals surface area contributed by atoms with Crippen molar-refractivity contribution in [1.29, 1.82) is 0 Å². The Kier molecular flexibility index (Phi) is 3.17. The number of fused-ring (bicyclic) bond motifs is 1. The molecule has 2 aromatic carbocycles. The van der Waals surface area contributed by atoms with Crippen LogP contribution in [0.15, 0.2) is 52.7 Å². The van der Waals surface area contributed by atoms with Gasteiger partial charge in [-0.15, -0.1) is 0 Å². The van der Waals surface area contributed by atoms with Gasteiger partial charge in [0.15, 0.2) is 5.76 Å². The molecule has 0 spiro atoms. The molecule has 0 saturated carbocycles. The van der Waals surface area contributed by atoms with Gasteiger partial charge in [0.2, 0.25) is 5.78 Å². The average Bonchev–Trinajstić information content (AvgIpc) is 2.70. The molecular weight excluding hydrogens is 328 g/mol. The Hall–Kier alpha value is -1.58. The minimum Gasteiger partial charge on any atom is -0.452 e. The second-order valence-electron chi connectivity index (χ2n) is 4.13. The predicted molar refractivity (Wildman–Crippen MR) is 78.5 cm³/mol. The molecule has 0 saturated heterocycles. The average molecular weight is 336 g/mol. The zero-order valence-corrected chi connectivity index (χ0v) is 12.0. The maximum Gasteiger partial charge on any atom is 0.232 e. The topological polar surface area (TPSA) is 26.3 Å². The normalized spacial score (nSPS) is 15.5. The first kappa shape index (κ1) is 12.5. The van der Waals surface area contributed by atoms with Crippen LogP contribution in [0.4, 0.5) is 0 Å². The largest absolute Gasteiger partial charge is 0.452 e. The van der Waals surface area contributed by atoms with Gasteiger partial charge < -0.3 is 4.74 Å². The van der Waals surface area contributed by atoms with Crippen molar-refractivity contribution >= 4 is 39.4 Å². The number of hydrogen-bond acceptors (Lipinski definition) is 2. The van der Waals surface area contributed by atoms with Crippen molar-refractivity contribution in [2.45, 2.75) is 0 Å².